The summed E-state index contributed by atoms with van der Waals surface area (Å²) in [7, 11) is 0. The van der Waals surface area contributed by atoms with Crippen LogP contribution in [0.25, 0.3) is 0 Å². The number of phenols is 2. The molecule has 4 nitrogen and oxygen atoms in total. The average Bonchev–Trinajstić information content (AvgIpc) is 2.01. The molecule has 0 fully saturated rings. The van der Waals surface area contributed by atoms with Gasteiger partial charge in [0.1, 0.15) is 11.5 Å². The molecule has 0 saturated carbocycles. The van der Waals surface area contributed by atoms with E-state index in [2.05, 4.69) is 0 Å². The summed E-state index contributed by atoms with van der Waals surface area (Å²) in [5.74, 6) is -0.122. The van der Waals surface area contributed by atoms with Crippen LogP contribution in [-0.2, 0) is 0 Å². The molecule has 0 unspecified atom stereocenters. The lowest BCUT2D eigenvalue weighted by Gasteiger charge is -2.08. The minimum atomic E-state index is -0.567. The second-order valence-corrected chi connectivity index (χ2v) is 2.57. The molecule has 0 aliphatic heterocycles. The van der Waals surface area contributed by atoms with Gasteiger partial charge in [-0.15, -0.1) is 12.4 Å². The van der Waals surface area contributed by atoms with Crippen molar-refractivity contribution >= 4 is 12.4 Å². The molecule has 5 N–H and O–H groups in total. The van der Waals surface area contributed by atoms with E-state index in [4.69, 9.17) is 21.1 Å². The van der Waals surface area contributed by atoms with Gasteiger partial charge < -0.3 is 21.1 Å². The molecule has 0 bridgehead atoms. The smallest absolute Gasteiger partial charge is 0.119 e. The molecular formula is C8H12ClNO3. The average molecular weight is 206 g/mol. The van der Waals surface area contributed by atoms with Crippen LogP contribution in [-0.4, -0.2) is 21.9 Å². The number of hydrogen-bond donors (Lipinski definition) is 4. The number of aromatic hydroxyl groups is 2. The first-order valence-electron chi connectivity index (χ1n) is 3.53. The summed E-state index contributed by atoms with van der Waals surface area (Å²) in [5.41, 5.74) is 5.97. The Hall–Kier alpha value is -0.970. The molecule has 0 heterocycles. The van der Waals surface area contributed by atoms with Crippen LogP contribution in [0.4, 0.5) is 0 Å². The lowest BCUT2D eigenvalue weighted by molar-refractivity contribution is 0.267. The van der Waals surface area contributed by atoms with E-state index in [1.807, 2.05) is 0 Å². The van der Waals surface area contributed by atoms with Crippen LogP contribution in [0.1, 0.15) is 11.6 Å². The third kappa shape index (κ3) is 3.10. The monoisotopic (exact) mass is 205 g/mol. The zero-order valence-corrected chi connectivity index (χ0v) is 7.66. The van der Waals surface area contributed by atoms with Crippen LogP contribution >= 0.6 is 12.4 Å². The minimum Gasteiger partial charge on any atom is -0.508 e. The fourth-order valence-electron chi connectivity index (χ4n) is 0.938. The van der Waals surface area contributed by atoms with E-state index in [9.17, 15) is 0 Å². The van der Waals surface area contributed by atoms with Gasteiger partial charge in [-0.1, -0.05) is 0 Å². The molecule has 74 valence electrons. The second kappa shape index (κ2) is 4.91. The maximum Gasteiger partial charge on any atom is 0.119 e. The molecule has 0 saturated heterocycles. The van der Waals surface area contributed by atoms with E-state index in [0.29, 0.717) is 5.56 Å². The lowest BCUT2D eigenvalue weighted by atomic mass is 10.1. The van der Waals surface area contributed by atoms with Gasteiger partial charge in [0.2, 0.25) is 0 Å². The van der Waals surface area contributed by atoms with Gasteiger partial charge in [0.15, 0.2) is 0 Å². The highest BCUT2D eigenvalue weighted by Crippen LogP contribution is 2.23. The van der Waals surface area contributed by atoms with Crippen molar-refractivity contribution in [1.82, 2.24) is 0 Å². The summed E-state index contributed by atoms with van der Waals surface area (Å²) < 4.78 is 0. The predicted octanol–water partition coefficient (Wildman–Crippen LogP) is 0.512. The summed E-state index contributed by atoms with van der Waals surface area (Å²) in [6, 6.07) is 3.44. The van der Waals surface area contributed by atoms with Crippen molar-refractivity contribution in [2.24, 2.45) is 5.73 Å². The van der Waals surface area contributed by atoms with Crippen molar-refractivity contribution in [1.29, 1.82) is 0 Å². The van der Waals surface area contributed by atoms with Gasteiger partial charge in [-0.05, 0) is 17.7 Å². The Bertz CT molecular complexity index is 260. The van der Waals surface area contributed by atoms with Gasteiger partial charge in [0.25, 0.3) is 0 Å². The van der Waals surface area contributed by atoms with Crippen LogP contribution in [0.5, 0.6) is 11.5 Å². The molecule has 0 aromatic heterocycles. The Kier molecular flexibility index (Phi) is 4.55. The summed E-state index contributed by atoms with van der Waals surface area (Å²) in [6.07, 6.45) is 0. The maximum absolute atomic E-state index is 9.04. The van der Waals surface area contributed by atoms with Gasteiger partial charge in [0, 0.05) is 6.07 Å². The standard InChI is InChI=1S/C8H11NO3.ClH/c9-8(4-10)5-1-6(11)3-7(12)2-5;/h1-3,8,10-12H,4,9H2;1H/t8-;/m1./s1. The maximum atomic E-state index is 9.04. The van der Waals surface area contributed by atoms with E-state index in [1.54, 1.807) is 0 Å². The Morgan fingerprint density at radius 1 is 1.15 bits per heavy atom. The second-order valence-electron chi connectivity index (χ2n) is 2.57. The molecule has 0 aliphatic rings. The number of nitrogens with two attached hydrogens (primary N) is 1. The lowest BCUT2D eigenvalue weighted by Crippen LogP contribution is -2.14. The minimum absolute atomic E-state index is 0. The fraction of sp³-hybridized carbons (Fsp3) is 0.250. The summed E-state index contributed by atoms with van der Waals surface area (Å²) in [6.45, 7) is -0.219. The molecule has 1 aromatic rings. The Labute approximate surface area is 82.0 Å². The summed E-state index contributed by atoms with van der Waals surface area (Å²) >= 11 is 0. The van der Waals surface area contributed by atoms with Crippen molar-refractivity contribution in [2.45, 2.75) is 6.04 Å². The number of phenolic OH excluding ortho intramolecular Hbond substituents is 2. The number of rotatable bonds is 2. The van der Waals surface area contributed by atoms with E-state index in [0.717, 1.165) is 0 Å². The molecule has 0 aliphatic carbocycles. The van der Waals surface area contributed by atoms with Gasteiger partial charge in [-0.2, -0.15) is 0 Å². The quantitative estimate of drug-likeness (QED) is 0.567. The molecule has 5 heteroatoms. The zero-order chi connectivity index (χ0) is 9.14. The zero-order valence-electron chi connectivity index (χ0n) is 6.84. The van der Waals surface area contributed by atoms with Gasteiger partial charge in [-0.3, -0.25) is 0 Å². The number of aliphatic hydroxyl groups excluding tert-OH is 1. The molecule has 0 radical (unpaired) electrons. The van der Waals surface area contributed by atoms with Crippen molar-refractivity contribution in [2.75, 3.05) is 6.61 Å². The first-order valence-corrected chi connectivity index (χ1v) is 3.53. The third-order valence-corrected chi connectivity index (χ3v) is 1.55. The third-order valence-electron chi connectivity index (χ3n) is 1.55. The highest BCUT2D eigenvalue weighted by atomic mass is 35.5. The van der Waals surface area contributed by atoms with Crippen molar-refractivity contribution in [3.05, 3.63) is 23.8 Å². The molecule has 0 amide bonds. The van der Waals surface area contributed by atoms with E-state index in [-0.39, 0.29) is 30.5 Å². The van der Waals surface area contributed by atoms with Crippen molar-refractivity contribution in [3.8, 4) is 11.5 Å². The molecular weight excluding hydrogens is 194 g/mol. The Balaban J connectivity index is 0.00000144. The normalized spacial score (nSPS) is 11.8. The SMILES string of the molecule is Cl.N[C@H](CO)c1cc(O)cc(O)c1. The van der Waals surface area contributed by atoms with Gasteiger partial charge in [-0.25, -0.2) is 0 Å². The molecule has 1 aromatic carbocycles. The first kappa shape index (κ1) is 12.0. The molecule has 0 spiro atoms. The Morgan fingerprint density at radius 2 is 1.62 bits per heavy atom. The topological polar surface area (TPSA) is 86.7 Å². The number of aliphatic hydroxyl groups is 1. The number of hydrogen-bond acceptors (Lipinski definition) is 4. The highest BCUT2D eigenvalue weighted by molar-refractivity contribution is 5.85. The van der Waals surface area contributed by atoms with Crippen molar-refractivity contribution in [3.63, 3.8) is 0 Å². The number of halogens is 1. The van der Waals surface area contributed by atoms with E-state index < -0.39 is 6.04 Å². The molecule has 13 heavy (non-hydrogen) atoms. The van der Waals surface area contributed by atoms with Crippen LogP contribution in [0.15, 0.2) is 18.2 Å². The van der Waals surface area contributed by atoms with Crippen LogP contribution in [0.2, 0.25) is 0 Å². The van der Waals surface area contributed by atoms with Crippen LogP contribution < -0.4 is 5.73 Å². The first-order chi connectivity index (χ1) is 5.63. The largest absolute Gasteiger partial charge is 0.508 e. The highest BCUT2D eigenvalue weighted by Gasteiger charge is 2.06. The summed E-state index contributed by atoms with van der Waals surface area (Å²) in [4.78, 5) is 0. The van der Waals surface area contributed by atoms with Crippen molar-refractivity contribution < 1.29 is 15.3 Å². The van der Waals surface area contributed by atoms with E-state index in [1.165, 1.54) is 18.2 Å². The Morgan fingerprint density at radius 3 is 2.00 bits per heavy atom. The fourth-order valence-corrected chi connectivity index (χ4v) is 0.938. The van der Waals surface area contributed by atoms with Crippen LogP contribution in [0.3, 0.4) is 0 Å². The van der Waals surface area contributed by atoms with Gasteiger partial charge in [0.05, 0.1) is 12.6 Å². The van der Waals surface area contributed by atoms with E-state index >= 15 is 0 Å². The molecule has 1 atom stereocenters. The predicted molar refractivity (Wildman–Crippen MR) is 51.0 cm³/mol. The number of benzene rings is 1. The van der Waals surface area contributed by atoms with Gasteiger partial charge >= 0.3 is 0 Å². The summed E-state index contributed by atoms with van der Waals surface area (Å²) in [5, 5.41) is 26.8. The molecule has 1 rings (SSSR count). The van der Waals surface area contributed by atoms with Crippen LogP contribution in [0, 0.1) is 0 Å².